The number of rotatable bonds is 11. The number of ether oxygens (including phenoxy) is 2. The van der Waals surface area contributed by atoms with E-state index in [4.69, 9.17) is 14.6 Å². The first kappa shape index (κ1) is 30.0. The number of thioether (sulfide) groups is 1. The molecule has 1 fully saturated rings. The Hall–Kier alpha value is -3.51. The largest absolute Gasteiger partial charge is 0.478 e. The van der Waals surface area contributed by atoms with Gasteiger partial charge in [0.05, 0.1) is 29.3 Å². The first-order chi connectivity index (χ1) is 20.3. The number of sulfonamides is 1. The van der Waals surface area contributed by atoms with Gasteiger partial charge in [-0.15, -0.1) is 11.8 Å². The molecule has 4 aromatic carbocycles. The Morgan fingerprint density at radius 2 is 1.48 bits per heavy atom. The lowest BCUT2D eigenvalue weighted by Crippen LogP contribution is -2.31. The molecule has 218 valence electrons. The normalized spacial score (nSPS) is 18.9. The highest BCUT2D eigenvalue weighted by Crippen LogP contribution is 2.39. The third kappa shape index (κ3) is 7.65. The molecule has 3 N–H and O–H groups in total. The molecule has 10 heteroatoms. The standard InChI is InChI=1S/C32H31NO7S2/c34-20-23-8-10-24(11-9-23)30-18-27(21-41-28-16-14-25(15-17-28)31(35)36)39-32(40-30)26-12-6-22(7-13-26)19-33-42(37,38)29-4-2-1-3-5-29/h1-17,27,30,32-34H,18-21H2,(H,35,36)/t27-,30+,32?/m0/s1. The number of carbonyl (C=O) groups is 1. The fourth-order valence-electron chi connectivity index (χ4n) is 4.56. The smallest absolute Gasteiger partial charge is 0.335 e. The van der Waals surface area contributed by atoms with Gasteiger partial charge in [0.2, 0.25) is 10.0 Å². The van der Waals surface area contributed by atoms with E-state index in [-0.39, 0.29) is 35.8 Å². The number of nitrogens with one attached hydrogen (secondary N) is 1. The van der Waals surface area contributed by atoms with Crippen LogP contribution in [-0.2, 0) is 32.6 Å². The van der Waals surface area contributed by atoms with Gasteiger partial charge >= 0.3 is 5.97 Å². The van der Waals surface area contributed by atoms with Crippen LogP contribution in [0.3, 0.4) is 0 Å². The molecule has 0 aromatic heterocycles. The number of carboxylic acid groups (broad SMARTS) is 1. The maximum absolute atomic E-state index is 12.6. The predicted octanol–water partition coefficient (Wildman–Crippen LogP) is 5.69. The van der Waals surface area contributed by atoms with Crippen LogP contribution < -0.4 is 4.72 Å². The van der Waals surface area contributed by atoms with Gasteiger partial charge in [0.25, 0.3) is 0 Å². The van der Waals surface area contributed by atoms with Gasteiger partial charge in [-0.2, -0.15) is 0 Å². The van der Waals surface area contributed by atoms with Crippen LogP contribution in [0.1, 0.15) is 51.4 Å². The van der Waals surface area contributed by atoms with Crippen LogP contribution in [0.4, 0.5) is 0 Å². The molecule has 0 radical (unpaired) electrons. The van der Waals surface area contributed by atoms with Crippen LogP contribution in [0, 0.1) is 0 Å². The van der Waals surface area contributed by atoms with Crippen molar-refractivity contribution < 1.29 is 32.9 Å². The van der Waals surface area contributed by atoms with Gasteiger partial charge in [0, 0.05) is 29.2 Å². The molecule has 1 unspecified atom stereocenters. The van der Waals surface area contributed by atoms with E-state index in [2.05, 4.69) is 4.72 Å². The number of hydrogen-bond acceptors (Lipinski definition) is 7. The maximum atomic E-state index is 12.6. The van der Waals surface area contributed by atoms with Gasteiger partial charge in [-0.05, 0) is 53.1 Å². The van der Waals surface area contributed by atoms with Gasteiger partial charge in [0.15, 0.2) is 6.29 Å². The van der Waals surface area contributed by atoms with E-state index in [1.165, 1.54) is 0 Å². The van der Waals surface area contributed by atoms with Gasteiger partial charge in [-0.25, -0.2) is 17.9 Å². The Morgan fingerprint density at radius 1 is 0.833 bits per heavy atom. The summed E-state index contributed by atoms with van der Waals surface area (Å²) in [5.41, 5.74) is 3.64. The number of aliphatic hydroxyl groups excluding tert-OH is 1. The van der Waals surface area contributed by atoms with Crippen molar-refractivity contribution in [2.75, 3.05) is 5.75 Å². The van der Waals surface area contributed by atoms with Crippen molar-refractivity contribution in [2.24, 2.45) is 0 Å². The zero-order valence-electron chi connectivity index (χ0n) is 22.6. The SMILES string of the molecule is O=C(O)c1ccc(SC[C@@H]2C[C@H](c3ccc(CO)cc3)OC(c3ccc(CNS(=O)(=O)c4ccccc4)cc3)O2)cc1. The molecule has 3 atom stereocenters. The van der Waals surface area contributed by atoms with E-state index < -0.39 is 22.3 Å². The average molecular weight is 606 g/mol. The van der Waals surface area contributed by atoms with E-state index in [9.17, 15) is 18.3 Å². The number of aromatic carboxylic acids is 1. The molecule has 0 amide bonds. The number of benzene rings is 4. The quantitative estimate of drug-likeness (QED) is 0.186. The van der Waals surface area contributed by atoms with Gasteiger partial charge in [-0.1, -0.05) is 66.7 Å². The van der Waals surface area contributed by atoms with Crippen LogP contribution in [0.15, 0.2) is 113 Å². The van der Waals surface area contributed by atoms with Crippen molar-refractivity contribution >= 4 is 27.8 Å². The summed E-state index contributed by atoms with van der Waals surface area (Å²) in [6.07, 6.45) is -0.424. The summed E-state index contributed by atoms with van der Waals surface area (Å²) in [6, 6.07) is 30.1. The molecular weight excluding hydrogens is 574 g/mol. The van der Waals surface area contributed by atoms with Crippen LogP contribution in [0.5, 0.6) is 0 Å². The number of aliphatic hydroxyl groups is 1. The van der Waals surface area contributed by atoms with Crippen LogP contribution >= 0.6 is 11.8 Å². The van der Waals surface area contributed by atoms with Gasteiger partial charge < -0.3 is 19.7 Å². The molecule has 0 spiro atoms. The Balaban J connectivity index is 1.28. The minimum Gasteiger partial charge on any atom is -0.478 e. The minimum atomic E-state index is -3.62. The van der Waals surface area contributed by atoms with Crippen molar-refractivity contribution in [3.63, 3.8) is 0 Å². The van der Waals surface area contributed by atoms with Gasteiger partial charge in [0.1, 0.15) is 0 Å². The minimum absolute atomic E-state index is 0.0364. The topological polar surface area (TPSA) is 122 Å². The van der Waals surface area contributed by atoms with E-state index in [0.29, 0.717) is 12.2 Å². The third-order valence-electron chi connectivity index (χ3n) is 6.92. The van der Waals surface area contributed by atoms with Crippen LogP contribution in [0.25, 0.3) is 0 Å². The molecule has 1 aliphatic heterocycles. The highest BCUT2D eigenvalue weighted by molar-refractivity contribution is 7.99. The molecule has 1 saturated heterocycles. The molecule has 8 nitrogen and oxygen atoms in total. The predicted molar refractivity (Wildman–Crippen MR) is 159 cm³/mol. The number of hydrogen-bond donors (Lipinski definition) is 3. The lowest BCUT2D eigenvalue weighted by molar-refractivity contribution is -0.245. The average Bonchev–Trinajstić information content (AvgIpc) is 3.03. The van der Waals surface area contributed by atoms with E-state index in [0.717, 1.165) is 27.1 Å². The number of carboxylic acids is 1. The molecular formula is C32H31NO7S2. The zero-order chi connectivity index (χ0) is 29.5. The summed E-state index contributed by atoms with van der Waals surface area (Å²) in [4.78, 5) is 12.3. The van der Waals surface area contributed by atoms with E-state index in [1.54, 1.807) is 66.4 Å². The molecule has 1 aliphatic rings. The second-order valence-electron chi connectivity index (χ2n) is 9.87. The second kappa shape index (κ2) is 13.6. The summed E-state index contributed by atoms with van der Waals surface area (Å²) in [6.45, 7) is 0.106. The molecule has 0 saturated carbocycles. The third-order valence-corrected chi connectivity index (χ3v) is 9.48. The van der Waals surface area contributed by atoms with Crippen molar-refractivity contribution in [3.8, 4) is 0 Å². The van der Waals surface area contributed by atoms with Crippen molar-refractivity contribution in [1.29, 1.82) is 0 Å². The van der Waals surface area contributed by atoms with Crippen molar-refractivity contribution in [1.82, 2.24) is 4.72 Å². The summed E-state index contributed by atoms with van der Waals surface area (Å²) in [7, 11) is -3.62. The lowest BCUT2D eigenvalue weighted by atomic mass is 10.0. The van der Waals surface area contributed by atoms with E-state index >= 15 is 0 Å². The van der Waals surface area contributed by atoms with Crippen molar-refractivity contribution in [2.45, 2.75) is 47.9 Å². The monoisotopic (exact) mass is 605 g/mol. The molecule has 0 aliphatic carbocycles. The lowest BCUT2D eigenvalue weighted by Gasteiger charge is -2.36. The van der Waals surface area contributed by atoms with Crippen molar-refractivity contribution in [3.05, 3.63) is 131 Å². The fraction of sp³-hybridized carbons (Fsp3) is 0.219. The molecule has 0 bridgehead atoms. The highest BCUT2D eigenvalue weighted by Gasteiger charge is 2.32. The summed E-state index contributed by atoms with van der Waals surface area (Å²) >= 11 is 1.59. The first-order valence-corrected chi connectivity index (χ1v) is 15.9. The Labute approximate surface area is 249 Å². The first-order valence-electron chi connectivity index (χ1n) is 13.4. The Kier molecular flexibility index (Phi) is 9.73. The summed E-state index contributed by atoms with van der Waals surface area (Å²) in [5, 5.41) is 18.6. The van der Waals surface area contributed by atoms with Crippen LogP contribution in [0.2, 0.25) is 0 Å². The summed E-state index contributed by atoms with van der Waals surface area (Å²) < 4.78 is 40.6. The highest BCUT2D eigenvalue weighted by atomic mass is 32.2. The molecule has 1 heterocycles. The fourth-order valence-corrected chi connectivity index (χ4v) is 6.52. The zero-order valence-corrected chi connectivity index (χ0v) is 24.3. The van der Waals surface area contributed by atoms with E-state index in [1.807, 2.05) is 48.5 Å². The molecule has 5 rings (SSSR count). The maximum Gasteiger partial charge on any atom is 0.335 e. The summed E-state index contributed by atoms with van der Waals surface area (Å²) in [5.74, 6) is -0.326. The second-order valence-corrected chi connectivity index (χ2v) is 12.7. The molecule has 42 heavy (non-hydrogen) atoms. The molecule has 4 aromatic rings. The Bertz CT molecular complexity index is 1580. The van der Waals surface area contributed by atoms with Crippen LogP contribution in [-0.4, -0.2) is 36.5 Å². The van der Waals surface area contributed by atoms with Gasteiger partial charge in [-0.3, -0.25) is 0 Å². The Morgan fingerprint density at radius 3 is 2.12 bits per heavy atom.